The maximum atomic E-state index is 12.2. The smallest absolute Gasteiger partial charge is 0.422 e. The first kappa shape index (κ1) is 16.8. The minimum Gasteiger partial charge on any atom is -0.482 e. The first-order valence-electron chi connectivity index (χ1n) is 6.91. The van der Waals surface area contributed by atoms with Crippen LogP contribution in [0.1, 0.15) is 12.0 Å². The molecule has 1 N–H and O–H groups in total. The number of hydrogen-bond acceptors (Lipinski definition) is 3. The van der Waals surface area contributed by atoms with Crippen LogP contribution in [0.3, 0.4) is 0 Å². The fraction of sp³-hybridized carbons (Fsp3) is 0.250. The van der Waals surface area contributed by atoms with Crippen molar-refractivity contribution in [2.24, 2.45) is 0 Å². The molecule has 2 aromatic rings. The minimum absolute atomic E-state index is 0.0143. The molecule has 0 aliphatic rings. The molecule has 23 heavy (non-hydrogen) atoms. The van der Waals surface area contributed by atoms with Crippen molar-refractivity contribution in [1.82, 2.24) is 4.98 Å². The number of nitrogens with zero attached hydrogens (tertiary/aromatic N) is 1. The highest BCUT2D eigenvalue weighted by Crippen LogP contribution is 2.26. The van der Waals surface area contributed by atoms with Gasteiger partial charge in [0.1, 0.15) is 5.75 Å². The van der Waals surface area contributed by atoms with Gasteiger partial charge in [0, 0.05) is 18.8 Å². The predicted molar refractivity (Wildman–Crippen MR) is 79.2 cm³/mol. The van der Waals surface area contributed by atoms with Crippen LogP contribution in [0.4, 0.5) is 18.9 Å². The summed E-state index contributed by atoms with van der Waals surface area (Å²) < 4.78 is 41.4. The molecule has 0 spiro atoms. The van der Waals surface area contributed by atoms with Gasteiger partial charge in [-0.25, -0.2) is 0 Å². The number of rotatable bonds is 6. The van der Waals surface area contributed by atoms with Gasteiger partial charge in [-0.15, -0.1) is 0 Å². The van der Waals surface area contributed by atoms with Gasteiger partial charge in [-0.3, -0.25) is 9.78 Å². The number of aromatic nitrogens is 1. The quantitative estimate of drug-likeness (QED) is 0.883. The SMILES string of the molecule is O=C(CCc1cccnc1)Nc1ccccc1OCC(F)(F)F. The summed E-state index contributed by atoms with van der Waals surface area (Å²) in [5, 5.41) is 2.57. The van der Waals surface area contributed by atoms with Crippen molar-refractivity contribution < 1.29 is 22.7 Å². The Balaban J connectivity index is 1.92. The van der Waals surface area contributed by atoms with Crippen molar-refractivity contribution in [2.45, 2.75) is 19.0 Å². The van der Waals surface area contributed by atoms with Crippen LogP contribution in [0.2, 0.25) is 0 Å². The fourth-order valence-corrected chi connectivity index (χ4v) is 1.87. The molecule has 0 unspecified atom stereocenters. The summed E-state index contributed by atoms with van der Waals surface area (Å²) in [6, 6.07) is 9.64. The van der Waals surface area contributed by atoms with Crippen molar-refractivity contribution in [3.05, 3.63) is 54.4 Å². The molecular formula is C16H15F3N2O2. The Bertz CT molecular complexity index is 645. The number of halogens is 3. The molecule has 1 aromatic heterocycles. The summed E-state index contributed by atoms with van der Waals surface area (Å²) >= 11 is 0. The van der Waals surface area contributed by atoms with Crippen molar-refractivity contribution in [2.75, 3.05) is 11.9 Å². The van der Waals surface area contributed by atoms with Crippen LogP contribution < -0.4 is 10.1 Å². The number of amides is 1. The Kier molecular flexibility index (Phi) is 5.56. The molecule has 0 aliphatic heterocycles. The Hall–Kier alpha value is -2.57. The molecule has 1 aromatic carbocycles. The Morgan fingerprint density at radius 1 is 1.17 bits per heavy atom. The lowest BCUT2D eigenvalue weighted by molar-refractivity contribution is -0.153. The molecule has 4 nitrogen and oxygen atoms in total. The largest absolute Gasteiger partial charge is 0.482 e. The molecule has 0 fully saturated rings. The molecule has 0 saturated carbocycles. The molecule has 2 rings (SSSR count). The molecule has 0 atom stereocenters. The number of nitrogens with one attached hydrogen (secondary N) is 1. The zero-order valence-electron chi connectivity index (χ0n) is 12.1. The monoisotopic (exact) mass is 324 g/mol. The number of carbonyl (C=O) groups is 1. The van der Waals surface area contributed by atoms with Crippen LogP contribution in [-0.2, 0) is 11.2 Å². The first-order valence-corrected chi connectivity index (χ1v) is 6.91. The summed E-state index contributed by atoms with van der Waals surface area (Å²) in [6.45, 7) is -1.41. The standard InChI is InChI=1S/C16H15F3N2O2/c17-16(18,19)11-23-14-6-2-1-5-13(14)21-15(22)8-7-12-4-3-9-20-10-12/h1-6,9-10H,7-8,11H2,(H,21,22). The highest BCUT2D eigenvalue weighted by Gasteiger charge is 2.28. The average Bonchev–Trinajstić information content (AvgIpc) is 2.52. The van der Waals surface area contributed by atoms with Crippen LogP contribution in [-0.4, -0.2) is 23.7 Å². The van der Waals surface area contributed by atoms with E-state index in [0.29, 0.717) is 6.42 Å². The van der Waals surface area contributed by atoms with Crippen molar-refractivity contribution in [1.29, 1.82) is 0 Å². The molecular weight excluding hydrogens is 309 g/mol. The highest BCUT2D eigenvalue weighted by atomic mass is 19.4. The maximum Gasteiger partial charge on any atom is 0.422 e. The van der Waals surface area contributed by atoms with Crippen molar-refractivity contribution in [3.8, 4) is 5.75 Å². The second-order valence-corrected chi connectivity index (χ2v) is 4.81. The number of hydrogen-bond donors (Lipinski definition) is 1. The Morgan fingerprint density at radius 2 is 1.96 bits per heavy atom. The van der Waals surface area contributed by atoms with Gasteiger partial charge < -0.3 is 10.1 Å². The lowest BCUT2D eigenvalue weighted by atomic mass is 10.1. The van der Waals surface area contributed by atoms with Gasteiger partial charge in [0.25, 0.3) is 0 Å². The van der Waals surface area contributed by atoms with E-state index in [4.69, 9.17) is 4.74 Å². The van der Waals surface area contributed by atoms with Crippen LogP contribution in [0.15, 0.2) is 48.8 Å². The lowest BCUT2D eigenvalue weighted by Crippen LogP contribution is -2.20. The molecule has 1 heterocycles. The van der Waals surface area contributed by atoms with E-state index < -0.39 is 12.8 Å². The van der Waals surface area contributed by atoms with E-state index in [1.165, 1.54) is 18.2 Å². The van der Waals surface area contributed by atoms with Gasteiger partial charge in [-0.2, -0.15) is 13.2 Å². The number of benzene rings is 1. The predicted octanol–water partition coefficient (Wildman–Crippen LogP) is 3.59. The van der Waals surface area contributed by atoms with Crippen LogP contribution in [0.25, 0.3) is 0 Å². The van der Waals surface area contributed by atoms with Crippen molar-refractivity contribution in [3.63, 3.8) is 0 Å². The van der Waals surface area contributed by atoms with Crippen LogP contribution >= 0.6 is 0 Å². The van der Waals surface area contributed by atoms with Gasteiger partial charge in [0.2, 0.25) is 5.91 Å². The normalized spacial score (nSPS) is 11.1. The average molecular weight is 324 g/mol. The summed E-state index contributed by atoms with van der Waals surface area (Å²) in [6.07, 6.45) is -0.451. The van der Waals surface area contributed by atoms with Gasteiger partial charge >= 0.3 is 6.18 Å². The van der Waals surface area contributed by atoms with Crippen molar-refractivity contribution >= 4 is 11.6 Å². The second-order valence-electron chi connectivity index (χ2n) is 4.81. The van der Waals surface area contributed by atoms with E-state index in [2.05, 4.69) is 10.3 Å². The van der Waals surface area contributed by atoms with E-state index >= 15 is 0 Å². The van der Waals surface area contributed by atoms with Crippen LogP contribution in [0, 0.1) is 0 Å². The van der Waals surface area contributed by atoms with Gasteiger partial charge in [0.05, 0.1) is 5.69 Å². The zero-order chi connectivity index (χ0) is 16.7. The third-order valence-electron chi connectivity index (χ3n) is 2.92. The van der Waals surface area contributed by atoms with Gasteiger partial charge in [-0.05, 0) is 30.2 Å². The number of ether oxygens (including phenoxy) is 1. The number of anilines is 1. The van der Waals surface area contributed by atoms with E-state index in [1.54, 1.807) is 24.5 Å². The summed E-state index contributed by atoms with van der Waals surface area (Å²) in [4.78, 5) is 15.9. The minimum atomic E-state index is -4.43. The highest BCUT2D eigenvalue weighted by molar-refractivity contribution is 5.92. The molecule has 122 valence electrons. The number of alkyl halides is 3. The molecule has 7 heteroatoms. The summed E-state index contributed by atoms with van der Waals surface area (Å²) in [5.41, 5.74) is 1.12. The zero-order valence-corrected chi connectivity index (χ0v) is 12.1. The molecule has 0 bridgehead atoms. The topological polar surface area (TPSA) is 51.2 Å². The van der Waals surface area contributed by atoms with Gasteiger partial charge in [-0.1, -0.05) is 18.2 Å². The summed E-state index contributed by atoms with van der Waals surface area (Å²) in [5.74, 6) is -0.323. The molecule has 0 radical (unpaired) electrons. The number of pyridine rings is 1. The van der Waals surface area contributed by atoms with E-state index in [1.807, 2.05) is 6.07 Å². The lowest BCUT2D eigenvalue weighted by Gasteiger charge is -2.13. The number of para-hydroxylation sites is 2. The van der Waals surface area contributed by atoms with Gasteiger partial charge in [0.15, 0.2) is 6.61 Å². The molecule has 0 aliphatic carbocycles. The fourth-order valence-electron chi connectivity index (χ4n) is 1.87. The molecule has 1 amide bonds. The van der Waals surface area contributed by atoms with Crippen LogP contribution in [0.5, 0.6) is 5.75 Å². The Labute approximate surface area is 131 Å². The first-order chi connectivity index (χ1) is 10.9. The number of carbonyl (C=O) groups excluding carboxylic acids is 1. The van der Waals surface area contributed by atoms with E-state index in [0.717, 1.165) is 5.56 Å². The summed E-state index contributed by atoms with van der Waals surface area (Å²) in [7, 11) is 0. The third-order valence-corrected chi connectivity index (χ3v) is 2.92. The maximum absolute atomic E-state index is 12.2. The van der Waals surface area contributed by atoms with E-state index in [-0.39, 0.29) is 23.8 Å². The Morgan fingerprint density at radius 3 is 2.65 bits per heavy atom. The second kappa shape index (κ2) is 7.62. The molecule has 0 saturated heterocycles. The third kappa shape index (κ3) is 5.98. The number of aryl methyl sites for hydroxylation is 1. The van der Waals surface area contributed by atoms with E-state index in [9.17, 15) is 18.0 Å².